The van der Waals surface area contributed by atoms with Crippen LogP contribution < -0.4 is 0 Å². The predicted octanol–water partition coefficient (Wildman–Crippen LogP) is 3.20. The number of esters is 1. The maximum atomic E-state index is 12.6. The number of rotatable bonds is 4. The van der Waals surface area contributed by atoms with Crippen LogP contribution in [0.25, 0.3) is 0 Å². The number of piperidine rings is 1. The van der Waals surface area contributed by atoms with E-state index in [0.29, 0.717) is 0 Å². The zero-order chi connectivity index (χ0) is 17.0. The molecule has 1 atom stereocenters. The minimum absolute atomic E-state index is 0.0433. The maximum Gasteiger partial charge on any atom is 0.306 e. The third-order valence-corrected chi connectivity index (χ3v) is 4.11. The largest absolute Gasteiger partial charge is 0.460 e. The van der Waals surface area contributed by atoms with Crippen LogP contribution in [0.5, 0.6) is 0 Å². The molecule has 1 amide bonds. The molecule has 1 aliphatic heterocycles. The molecule has 1 saturated heterocycles. The summed E-state index contributed by atoms with van der Waals surface area (Å²) in [7, 11) is 2.01. The first-order valence-corrected chi connectivity index (χ1v) is 8.40. The van der Waals surface area contributed by atoms with Gasteiger partial charge in [-0.1, -0.05) is 0 Å². The van der Waals surface area contributed by atoms with Gasteiger partial charge in [0.25, 0.3) is 0 Å². The van der Waals surface area contributed by atoms with Crippen molar-refractivity contribution in [3.63, 3.8) is 0 Å². The molecule has 5 heteroatoms. The van der Waals surface area contributed by atoms with Crippen molar-refractivity contribution in [1.82, 2.24) is 9.47 Å². The Kier molecular flexibility index (Phi) is 5.50. The lowest BCUT2D eigenvalue weighted by Gasteiger charge is -2.36. The number of hydrogen-bond acceptors (Lipinski definition) is 3. The quantitative estimate of drug-likeness (QED) is 0.801. The molecule has 1 aromatic heterocycles. The van der Waals surface area contributed by atoms with Gasteiger partial charge in [0.15, 0.2) is 0 Å². The van der Waals surface area contributed by atoms with Gasteiger partial charge in [-0.15, -0.1) is 0 Å². The van der Waals surface area contributed by atoms with E-state index in [0.717, 1.165) is 31.5 Å². The molecule has 0 spiro atoms. The first-order chi connectivity index (χ1) is 10.8. The highest BCUT2D eigenvalue weighted by Crippen LogP contribution is 2.31. The molecule has 0 bridgehead atoms. The summed E-state index contributed by atoms with van der Waals surface area (Å²) >= 11 is 0. The second-order valence-electron chi connectivity index (χ2n) is 7.23. The van der Waals surface area contributed by atoms with Gasteiger partial charge < -0.3 is 14.2 Å². The van der Waals surface area contributed by atoms with E-state index in [4.69, 9.17) is 4.74 Å². The molecule has 2 heterocycles. The van der Waals surface area contributed by atoms with Gasteiger partial charge in [-0.3, -0.25) is 9.59 Å². The summed E-state index contributed by atoms with van der Waals surface area (Å²) in [5.74, 6) is -0.264. The molecule has 1 fully saturated rings. The number of likely N-dealkylation sites (tertiary alicyclic amines) is 1. The Labute approximate surface area is 138 Å². The number of aryl methyl sites for hydroxylation is 1. The van der Waals surface area contributed by atoms with Crippen LogP contribution in [-0.4, -0.2) is 33.5 Å². The van der Waals surface area contributed by atoms with Crippen molar-refractivity contribution in [1.29, 1.82) is 0 Å². The normalized spacial score (nSPS) is 18.8. The fraction of sp³-hybridized carbons (Fsp3) is 0.667. The lowest BCUT2D eigenvalue weighted by molar-refractivity contribution is -0.156. The van der Waals surface area contributed by atoms with Crippen molar-refractivity contribution in [2.24, 2.45) is 7.05 Å². The van der Waals surface area contributed by atoms with E-state index in [1.807, 2.05) is 45.0 Å². The Morgan fingerprint density at radius 1 is 1.26 bits per heavy atom. The minimum atomic E-state index is -0.503. The fourth-order valence-electron chi connectivity index (χ4n) is 3.10. The summed E-state index contributed by atoms with van der Waals surface area (Å²) in [6.45, 7) is 6.28. The molecule has 128 valence electrons. The van der Waals surface area contributed by atoms with Gasteiger partial charge >= 0.3 is 5.97 Å². The van der Waals surface area contributed by atoms with Crippen LogP contribution in [0.3, 0.4) is 0 Å². The standard InChI is InChI=1S/C18H28N2O3/c1-18(2,3)23-17(22)11-10-16(21)20-13-6-5-8-15(20)14-9-7-12-19(14)4/h7,9,12,15H,5-6,8,10-11,13H2,1-4H3. The summed E-state index contributed by atoms with van der Waals surface area (Å²) in [6.07, 6.45) is 5.51. The highest BCUT2D eigenvalue weighted by atomic mass is 16.6. The summed E-state index contributed by atoms with van der Waals surface area (Å²) < 4.78 is 7.35. The molecule has 1 aliphatic rings. The molecule has 0 N–H and O–H groups in total. The minimum Gasteiger partial charge on any atom is -0.460 e. The van der Waals surface area contributed by atoms with Crippen LogP contribution in [0.1, 0.15) is 64.6 Å². The molecule has 1 unspecified atom stereocenters. The SMILES string of the molecule is Cn1cccc1C1CCCCN1C(=O)CCC(=O)OC(C)(C)C. The van der Waals surface area contributed by atoms with E-state index < -0.39 is 5.60 Å². The highest BCUT2D eigenvalue weighted by molar-refractivity contribution is 5.81. The number of carbonyl (C=O) groups is 2. The van der Waals surface area contributed by atoms with E-state index in [9.17, 15) is 9.59 Å². The van der Waals surface area contributed by atoms with Crippen LogP contribution in [-0.2, 0) is 21.4 Å². The number of aromatic nitrogens is 1. The lowest BCUT2D eigenvalue weighted by Crippen LogP contribution is -2.39. The first-order valence-electron chi connectivity index (χ1n) is 8.40. The van der Waals surface area contributed by atoms with Crippen LogP contribution in [0.2, 0.25) is 0 Å². The predicted molar refractivity (Wildman–Crippen MR) is 88.8 cm³/mol. The Bertz CT molecular complexity index is 557. The summed E-state index contributed by atoms with van der Waals surface area (Å²) in [5.41, 5.74) is 0.659. The molecule has 0 radical (unpaired) electrons. The summed E-state index contributed by atoms with van der Waals surface area (Å²) in [6, 6.07) is 4.20. The smallest absolute Gasteiger partial charge is 0.306 e. The lowest BCUT2D eigenvalue weighted by atomic mass is 9.98. The van der Waals surface area contributed by atoms with Crippen LogP contribution in [0.15, 0.2) is 18.3 Å². The van der Waals surface area contributed by atoms with Crippen molar-refractivity contribution in [2.75, 3.05) is 6.54 Å². The van der Waals surface area contributed by atoms with Crippen molar-refractivity contribution in [2.45, 2.75) is 64.5 Å². The second kappa shape index (κ2) is 7.20. The molecule has 1 aromatic rings. The molecular weight excluding hydrogens is 292 g/mol. The van der Waals surface area contributed by atoms with Crippen molar-refractivity contribution in [3.8, 4) is 0 Å². The summed E-state index contributed by atoms with van der Waals surface area (Å²) in [5, 5.41) is 0. The number of ether oxygens (including phenoxy) is 1. The number of nitrogens with zero attached hydrogens (tertiary/aromatic N) is 2. The molecule has 5 nitrogen and oxygen atoms in total. The highest BCUT2D eigenvalue weighted by Gasteiger charge is 2.29. The molecule has 0 saturated carbocycles. The van der Waals surface area contributed by atoms with E-state index in [1.165, 1.54) is 0 Å². The van der Waals surface area contributed by atoms with Gasteiger partial charge in [0.05, 0.1) is 12.5 Å². The zero-order valence-corrected chi connectivity index (χ0v) is 14.7. The van der Waals surface area contributed by atoms with Crippen molar-refractivity contribution < 1.29 is 14.3 Å². The molecule has 2 rings (SSSR count). The van der Waals surface area contributed by atoms with E-state index >= 15 is 0 Å². The Morgan fingerprint density at radius 3 is 2.61 bits per heavy atom. The fourth-order valence-corrected chi connectivity index (χ4v) is 3.10. The maximum absolute atomic E-state index is 12.6. The topological polar surface area (TPSA) is 51.5 Å². The van der Waals surface area contributed by atoms with Crippen LogP contribution in [0.4, 0.5) is 0 Å². The van der Waals surface area contributed by atoms with Crippen LogP contribution in [0, 0.1) is 0 Å². The van der Waals surface area contributed by atoms with Crippen molar-refractivity contribution >= 4 is 11.9 Å². The summed E-state index contributed by atoms with van der Waals surface area (Å²) in [4.78, 5) is 26.3. The Balaban J connectivity index is 1.96. The average molecular weight is 320 g/mol. The molecule has 0 aromatic carbocycles. The molecule has 0 aliphatic carbocycles. The molecule has 23 heavy (non-hydrogen) atoms. The van der Waals surface area contributed by atoms with Gasteiger partial charge in [-0.25, -0.2) is 0 Å². The number of amides is 1. The van der Waals surface area contributed by atoms with E-state index in [-0.39, 0.29) is 30.8 Å². The number of carbonyl (C=O) groups excluding carboxylic acids is 2. The first kappa shape index (κ1) is 17.6. The van der Waals surface area contributed by atoms with Gasteiger partial charge in [-0.2, -0.15) is 0 Å². The third-order valence-electron chi connectivity index (χ3n) is 4.11. The number of hydrogen-bond donors (Lipinski definition) is 0. The Morgan fingerprint density at radius 2 is 2.00 bits per heavy atom. The average Bonchev–Trinajstić information content (AvgIpc) is 2.89. The zero-order valence-electron chi connectivity index (χ0n) is 14.7. The molecular formula is C18H28N2O3. The van der Waals surface area contributed by atoms with E-state index in [2.05, 4.69) is 10.6 Å². The monoisotopic (exact) mass is 320 g/mol. The van der Waals surface area contributed by atoms with Gasteiger partial charge in [0.2, 0.25) is 5.91 Å². The third kappa shape index (κ3) is 4.85. The van der Waals surface area contributed by atoms with Gasteiger partial charge in [0, 0.05) is 31.9 Å². The van der Waals surface area contributed by atoms with Gasteiger partial charge in [-0.05, 0) is 52.2 Å². The van der Waals surface area contributed by atoms with E-state index in [1.54, 1.807) is 0 Å². The van der Waals surface area contributed by atoms with Crippen molar-refractivity contribution in [3.05, 3.63) is 24.0 Å². The van der Waals surface area contributed by atoms with Gasteiger partial charge in [0.1, 0.15) is 5.60 Å². The van der Waals surface area contributed by atoms with Crippen LogP contribution >= 0.6 is 0 Å². The second-order valence-corrected chi connectivity index (χ2v) is 7.23. The Hall–Kier alpha value is -1.78.